The normalized spacial score (nSPS) is 18.9. The van der Waals surface area contributed by atoms with Crippen molar-refractivity contribution in [1.29, 1.82) is 0 Å². The highest BCUT2D eigenvalue weighted by atomic mass is 16.3. The molecule has 4 rings (SSSR count). The largest absolute Gasteiger partial charge is 0.460 e. The molecule has 1 fully saturated rings. The number of carbonyl (C=O) groups excluding carboxylic acids is 1. The van der Waals surface area contributed by atoms with Crippen molar-refractivity contribution in [3.63, 3.8) is 0 Å². The Kier molecular flexibility index (Phi) is 4.58. The van der Waals surface area contributed by atoms with Gasteiger partial charge in [0.1, 0.15) is 11.5 Å². The lowest BCUT2D eigenvalue weighted by Gasteiger charge is -2.12. The fourth-order valence-corrected chi connectivity index (χ4v) is 3.29. The van der Waals surface area contributed by atoms with Crippen molar-refractivity contribution in [1.82, 2.24) is 15.2 Å². The number of rotatable bonds is 5. The summed E-state index contributed by atoms with van der Waals surface area (Å²) in [6.07, 6.45) is 2.61. The van der Waals surface area contributed by atoms with Gasteiger partial charge in [-0.1, -0.05) is 25.1 Å². The summed E-state index contributed by atoms with van der Waals surface area (Å²) in [4.78, 5) is 25.2. The van der Waals surface area contributed by atoms with E-state index in [1.807, 2.05) is 26.0 Å². The Bertz CT molecular complexity index is 1130. The molecule has 1 aliphatic carbocycles. The van der Waals surface area contributed by atoms with E-state index >= 15 is 0 Å². The number of hydrogen-bond acceptors (Lipinski definition) is 5. The van der Waals surface area contributed by atoms with Gasteiger partial charge in [-0.2, -0.15) is 10.2 Å². The quantitative estimate of drug-likeness (QED) is 0.544. The first-order chi connectivity index (χ1) is 13.5. The van der Waals surface area contributed by atoms with Crippen LogP contribution < -0.4 is 11.0 Å². The third kappa shape index (κ3) is 3.35. The zero-order valence-corrected chi connectivity index (χ0v) is 16.0. The average molecular weight is 378 g/mol. The van der Waals surface area contributed by atoms with Gasteiger partial charge in [-0.3, -0.25) is 9.59 Å². The molecule has 0 spiro atoms. The van der Waals surface area contributed by atoms with Crippen LogP contribution in [-0.2, 0) is 0 Å². The van der Waals surface area contributed by atoms with E-state index in [-0.39, 0.29) is 17.3 Å². The van der Waals surface area contributed by atoms with Gasteiger partial charge in [0.25, 0.3) is 11.5 Å². The highest BCUT2D eigenvalue weighted by Gasteiger charge is 2.36. The molecule has 1 aromatic carbocycles. The molecule has 0 saturated heterocycles. The summed E-state index contributed by atoms with van der Waals surface area (Å²) in [5, 5.41) is 9.21. The van der Waals surface area contributed by atoms with Crippen LogP contribution in [0.1, 0.15) is 61.2 Å². The lowest BCUT2D eigenvalue weighted by molar-refractivity contribution is 0.0949. The molecule has 3 aromatic rings. The monoisotopic (exact) mass is 378 g/mol. The van der Waals surface area contributed by atoms with E-state index in [1.54, 1.807) is 24.3 Å². The van der Waals surface area contributed by atoms with Crippen LogP contribution in [0.4, 0.5) is 0 Å². The van der Waals surface area contributed by atoms with Gasteiger partial charge < -0.3 is 4.42 Å². The van der Waals surface area contributed by atoms with Crippen molar-refractivity contribution in [2.45, 2.75) is 39.2 Å². The summed E-state index contributed by atoms with van der Waals surface area (Å²) in [5.41, 5.74) is 2.42. The standard InChI is InChI=1S/C21H22N4O3/c1-12(2)25-21(27)16-7-5-4-6-15(16)19(24-25)20(26)23-22-11-14-8-9-18(28-14)17-10-13(17)3/h4-9,11-13,17H,10H2,1-3H3,(H,23,26)/b22-11-/t13-,17-/m1/s1. The zero-order valence-electron chi connectivity index (χ0n) is 16.0. The molecule has 2 atom stereocenters. The van der Waals surface area contributed by atoms with Crippen molar-refractivity contribution >= 4 is 22.9 Å². The van der Waals surface area contributed by atoms with Crippen molar-refractivity contribution in [3.05, 3.63) is 64.0 Å². The van der Waals surface area contributed by atoms with Crippen molar-refractivity contribution in [3.8, 4) is 0 Å². The molecule has 28 heavy (non-hydrogen) atoms. The molecule has 0 radical (unpaired) electrons. The number of hydrazone groups is 1. The van der Waals surface area contributed by atoms with Gasteiger partial charge in [-0.05, 0) is 44.4 Å². The predicted molar refractivity (Wildman–Crippen MR) is 107 cm³/mol. The predicted octanol–water partition coefficient (Wildman–Crippen LogP) is 3.46. The third-order valence-corrected chi connectivity index (χ3v) is 5.01. The van der Waals surface area contributed by atoms with E-state index in [4.69, 9.17) is 4.42 Å². The fourth-order valence-electron chi connectivity index (χ4n) is 3.29. The summed E-state index contributed by atoms with van der Waals surface area (Å²) < 4.78 is 7.06. The van der Waals surface area contributed by atoms with Crippen LogP contribution in [-0.4, -0.2) is 21.9 Å². The second kappa shape index (κ2) is 7.07. The molecule has 2 aromatic heterocycles. The molecular weight excluding hydrogens is 356 g/mol. The van der Waals surface area contributed by atoms with Gasteiger partial charge in [0.2, 0.25) is 0 Å². The Morgan fingerprint density at radius 3 is 2.68 bits per heavy atom. The van der Waals surface area contributed by atoms with Crippen molar-refractivity contribution in [2.24, 2.45) is 11.0 Å². The van der Waals surface area contributed by atoms with Crippen LogP contribution in [0.3, 0.4) is 0 Å². The smallest absolute Gasteiger partial charge is 0.292 e. The molecule has 0 unspecified atom stereocenters. The number of furan rings is 1. The van der Waals surface area contributed by atoms with Gasteiger partial charge in [-0.25, -0.2) is 10.1 Å². The highest BCUT2D eigenvalue weighted by molar-refractivity contribution is 6.04. The van der Waals surface area contributed by atoms with Gasteiger partial charge in [0.15, 0.2) is 5.69 Å². The summed E-state index contributed by atoms with van der Waals surface area (Å²) in [7, 11) is 0. The second-order valence-corrected chi connectivity index (χ2v) is 7.50. The van der Waals surface area contributed by atoms with Crippen molar-refractivity contribution in [2.75, 3.05) is 0 Å². The Balaban J connectivity index is 1.58. The fraction of sp³-hybridized carbons (Fsp3) is 0.333. The minimum atomic E-state index is -0.482. The first-order valence-corrected chi connectivity index (χ1v) is 9.40. The molecule has 1 N–H and O–H groups in total. The molecular formula is C21H22N4O3. The first-order valence-electron chi connectivity index (χ1n) is 9.40. The average Bonchev–Trinajstić information content (AvgIpc) is 3.22. The number of hydrogen-bond donors (Lipinski definition) is 1. The summed E-state index contributed by atoms with van der Waals surface area (Å²) in [6.45, 7) is 5.88. The summed E-state index contributed by atoms with van der Waals surface area (Å²) >= 11 is 0. The maximum atomic E-state index is 12.7. The highest BCUT2D eigenvalue weighted by Crippen LogP contribution is 2.47. The number of fused-ring (bicyclic) bond motifs is 1. The van der Waals surface area contributed by atoms with E-state index in [1.165, 1.54) is 10.9 Å². The van der Waals surface area contributed by atoms with Gasteiger partial charge >= 0.3 is 0 Å². The number of amides is 1. The molecule has 1 amide bonds. The van der Waals surface area contributed by atoms with Gasteiger partial charge in [-0.15, -0.1) is 0 Å². The second-order valence-electron chi connectivity index (χ2n) is 7.50. The number of nitrogens with one attached hydrogen (secondary N) is 1. The van der Waals surface area contributed by atoms with Crippen LogP contribution in [0.2, 0.25) is 0 Å². The number of aromatic nitrogens is 2. The molecule has 7 heteroatoms. The van der Waals surface area contributed by atoms with Crippen molar-refractivity contribution < 1.29 is 9.21 Å². The van der Waals surface area contributed by atoms with E-state index in [0.717, 1.165) is 12.2 Å². The molecule has 144 valence electrons. The maximum Gasteiger partial charge on any atom is 0.292 e. The van der Waals surface area contributed by atoms with Crippen LogP contribution in [0.25, 0.3) is 10.8 Å². The van der Waals surface area contributed by atoms with E-state index in [2.05, 4.69) is 22.5 Å². The minimum Gasteiger partial charge on any atom is -0.460 e. The molecule has 0 aliphatic heterocycles. The number of benzene rings is 1. The number of carbonyl (C=O) groups is 1. The molecule has 0 bridgehead atoms. The summed E-state index contributed by atoms with van der Waals surface area (Å²) in [5.74, 6) is 2.21. The molecule has 1 aliphatic rings. The van der Waals surface area contributed by atoms with E-state index in [9.17, 15) is 9.59 Å². The van der Waals surface area contributed by atoms with Gasteiger partial charge in [0, 0.05) is 11.3 Å². The van der Waals surface area contributed by atoms with E-state index < -0.39 is 5.91 Å². The Morgan fingerprint density at radius 2 is 2.00 bits per heavy atom. The zero-order chi connectivity index (χ0) is 19.8. The lowest BCUT2D eigenvalue weighted by atomic mass is 10.1. The van der Waals surface area contributed by atoms with Crippen LogP contribution in [0.5, 0.6) is 0 Å². The molecule has 7 nitrogen and oxygen atoms in total. The lowest BCUT2D eigenvalue weighted by Crippen LogP contribution is -2.30. The van der Waals surface area contributed by atoms with Gasteiger partial charge in [0.05, 0.1) is 17.6 Å². The Hall–Kier alpha value is -3.22. The molecule has 2 heterocycles. The van der Waals surface area contributed by atoms with Crippen LogP contribution in [0.15, 0.2) is 50.7 Å². The summed E-state index contributed by atoms with van der Waals surface area (Å²) in [6, 6.07) is 10.6. The minimum absolute atomic E-state index is 0.160. The third-order valence-electron chi connectivity index (χ3n) is 5.01. The SMILES string of the molecule is CC(C)n1nc(C(=O)N/N=C\c2ccc([C@@H]3C[C@H]3C)o2)c2ccccc2c1=O. The number of nitrogens with zero attached hydrogens (tertiary/aromatic N) is 3. The topological polar surface area (TPSA) is 89.5 Å². The maximum absolute atomic E-state index is 12.7. The van der Waals surface area contributed by atoms with Crippen LogP contribution >= 0.6 is 0 Å². The van der Waals surface area contributed by atoms with E-state index in [0.29, 0.717) is 28.4 Å². The first kappa shape index (κ1) is 18.2. The Morgan fingerprint density at radius 1 is 1.29 bits per heavy atom. The Labute approximate surface area is 162 Å². The van der Waals surface area contributed by atoms with Crippen LogP contribution in [0, 0.1) is 5.92 Å². The molecule has 1 saturated carbocycles.